The van der Waals surface area contributed by atoms with Crippen LogP contribution in [0.2, 0.25) is 10.0 Å². The lowest BCUT2D eigenvalue weighted by Gasteiger charge is -2.09. The molecule has 5 nitrogen and oxygen atoms in total. The molecule has 0 fully saturated rings. The van der Waals surface area contributed by atoms with Gasteiger partial charge >= 0.3 is 0 Å². The summed E-state index contributed by atoms with van der Waals surface area (Å²) in [6.45, 7) is 0.280. The van der Waals surface area contributed by atoms with E-state index in [-0.39, 0.29) is 24.7 Å². The summed E-state index contributed by atoms with van der Waals surface area (Å²) in [6, 6.07) is 11.7. The van der Waals surface area contributed by atoms with E-state index in [4.69, 9.17) is 33.7 Å². The Morgan fingerprint density at radius 3 is 2.64 bits per heavy atom. The predicted molar refractivity (Wildman–Crippen MR) is 99.6 cm³/mol. The molecular formula is C18H18Cl2N2O3. The number of amides is 1. The molecule has 0 spiro atoms. The number of hydrogen-bond acceptors (Lipinski definition) is 4. The average Bonchev–Trinajstić information content (AvgIpc) is 2.59. The standard InChI is InChI=1S/C18H18Cl2N2O3/c19-13-6-7-17(15(20)10-13)25-8-2-5-18(24)22-14-4-1-3-12(9-14)16(23)11-21/h1,3-4,6-7,9-10H,2,5,8,11,21H2,(H,22,24). The minimum absolute atomic E-state index is 0.0675. The van der Waals surface area contributed by atoms with Gasteiger partial charge in [0.15, 0.2) is 5.78 Å². The summed E-state index contributed by atoms with van der Waals surface area (Å²) >= 11 is 11.8. The highest BCUT2D eigenvalue weighted by atomic mass is 35.5. The van der Waals surface area contributed by atoms with Crippen LogP contribution in [0.4, 0.5) is 5.69 Å². The number of benzene rings is 2. The van der Waals surface area contributed by atoms with Crippen LogP contribution >= 0.6 is 23.2 Å². The number of hydrogen-bond donors (Lipinski definition) is 2. The summed E-state index contributed by atoms with van der Waals surface area (Å²) < 4.78 is 5.53. The number of carbonyl (C=O) groups is 2. The van der Waals surface area contributed by atoms with Crippen LogP contribution in [0.1, 0.15) is 23.2 Å². The Balaban J connectivity index is 1.78. The monoisotopic (exact) mass is 380 g/mol. The molecule has 0 bridgehead atoms. The second-order valence-corrected chi connectivity index (χ2v) is 6.13. The smallest absolute Gasteiger partial charge is 0.224 e. The first-order valence-electron chi connectivity index (χ1n) is 7.70. The summed E-state index contributed by atoms with van der Waals surface area (Å²) in [7, 11) is 0. The zero-order chi connectivity index (χ0) is 18.2. The van der Waals surface area contributed by atoms with Crippen molar-refractivity contribution in [1.82, 2.24) is 0 Å². The summed E-state index contributed by atoms with van der Waals surface area (Å²) in [4.78, 5) is 23.5. The number of carbonyl (C=O) groups excluding carboxylic acids is 2. The first-order valence-corrected chi connectivity index (χ1v) is 8.46. The maximum absolute atomic E-state index is 12.0. The number of ether oxygens (including phenoxy) is 1. The largest absolute Gasteiger partial charge is 0.492 e. The van der Waals surface area contributed by atoms with Gasteiger partial charge in [0, 0.05) is 22.7 Å². The van der Waals surface area contributed by atoms with Gasteiger partial charge in [-0.25, -0.2) is 0 Å². The lowest BCUT2D eigenvalue weighted by Crippen LogP contribution is -2.15. The zero-order valence-corrected chi connectivity index (χ0v) is 14.9. The highest BCUT2D eigenvalue weighted by Crippen LogP contribution is 2.27. The molecule has 3 N–H and O–H groups in total. The van der Waals surface area contributed by atoms with E-state index in [1.807, 2.05) is 0 Å². The average molecular weight is 381 g/mol. The molecule has 0 unspecified atom stereocenters. The number of halogens is 2. The summed E-state index contributed by atoms with van der Waals surface area (Å²) in [6.07, 6.45) is 0.798. The van der Waals surface area contributed by atoms with Crippen molar-refractivity contribution >= 4 is 40.6 Å². The Bertz CT molecular complexity index is 766. The number of nitrogens with one attached hydrogen (secondary N) is 1. The molecule has 0 radical (unpaired) electrons. The summed E-state index contributed by atoms with van der Waals surface area (Å²) in [5, 5.41) is 3.71. The van der Waals surface area contributed by atoms with Gasteiger partial charge in [-0.2, -0.15) is 0 Å². The van der Waals surface area contributed by atoms with Gasteiger partial charge in [0.2, 0.25) is 5.91 Å². The van der Waals surface area contributed by atoms with Gasteiger partial charge in [0.25, 0.3) is 0 Å². The van der Waals surface area contributed by atoms with E-state index in [2.05, 4.69) is 5.32 Å². The van der Waals surface area contributed by atoms with E-state index in [1.165, 1.54) is 0 Å². The highest BCUT2D eigenvalue weighted by Gasteiger charge is 2.07. The van der Waals surface area contributed by atoms with E-state index in [9.17, 15) is 9.59 Å². The maximum Gasteiger partial charge on any atom is 0.224 e. The van der Waals surface area contributed by atoms with E-state index in [1.54, 1.807) is 42.5 Å². The lowest BCUT2D eigenvalue weighted by atomic mass is 10.1. The Labute approximate surface area is 156 Å². The molecule has 2 aromatic carbocycles. The lowest BCUT2D eigenvalue weighted by molar-refractivity contribution is -0.116. The van der Waals surface area contributed by atoms with Crippen LogP contribution in [-0.2, 0) is 4.79 Å². The van der Waals surface area contributed by atoms with E-state index >= 15 is 0 Å². The van der Waals surface area contributed by atoms with Crippen molar-refractivity contribution in [1.29, 1.82) is 0 Å². The van der Waals surface area contributed by atoms with Crippen molar-refractivity contribution in [2.75, 3.05) is 18.5 Å². The van der Waals surface area contributed by atoms with Gasteiger partial charge in [0.05, 0.1) is 18.2 Å². The summed E-state index contributed by atoms with van der Waals surface area (Å²) in [5.41, 5.74) is 6.37. The number of anilines is 1. The van der Waals surface area contributed by atoms with Crippen molar-refractivity contribution in [3.8, 4) is 5.75 Å². The molecule has 0 atom stereocenters. The van der Waals surface area contributed by atoms with Crippen LogP contribution in [0.5, 0.6) is 5.75 Å². The van der Waals surface area contributed by atoms with Crippen molar-refractivity contribution in [3.05, 3.63) is 58.1 Å². The number of nitrogens with two attached hydrogens (primary N) is 1. The van der Waals surface area contributed by atoms with Gasteiger partial charge in [-0.05, 0) is 36.8 Å². The van der Waals surface area contributed by atoms with Crippen LogP contribution in [-0.4, -0.2) is 24.8 Å². The third-order valence-corrected chi connectivity index (χ3v) is 3.88. The predicted octanol–water partition coefficient (Wildman–Crippen LogP) is 3.93. The normalized spacial score (nSPS) is 10.4. The second-order valence-electron chi connectivity index (χ2n) is 5.28. The molecule has 1 amide bonds. The minimum atomic E-state index is -0.177. The molecule has 0 heterocycles. The van der Waals surface area contributed by atoms with Crippen LogP contribution in [0.25, 0.3) is 0 Å². The molecular weight excluding hydrogens is 363 g/mol. The third-order valence-electron chi connectivity index (χ3n) is 3.35. The highest BCUT2D eigenvalue weighted by molar-refractivity contribution is 6.35. The van der Waals surface area contributed by atoms with Gasteiger partial charge in [0.1, 0.15) is 5.75 Å². The Morgan fingerprint density at radius 1 is 1.12 bits per heavy atom. The summed E-state index contributed by atoms with van der Waals surface area (Å²) in [5.74, 6) is 0.187. The fraction of sp³-hybridized carbons (Fsp3) is 0.222. The topological polar surface area (TPSA) is 81.4 Å². The minimum Gasteiger partial charge on any atom is -0.492 e. The molecule has 0 aliphatic rings. The molecule has 2 aromatic rings. The van der Waals surface area contributed by atoms with Crippen molar-refractivity contribution in [2.24, 2.45) is 5.73 Å². The quantitative estimate of drug-likeness (QED) is 0.536. The third kappa shape index (κ3) is 6.05. The number of Topliss-reactive ketones (excluding diaryl/α,β-unsaturated/α-hetero) is 1. The van der Waals surface area contributed by atoms with E-state index in [0.717, 1.165) is 0 Å². The van der Waals surface area contributed by atoms with Gasteiger partial charge in [-0.15, -0.1) is 0 Å². The van der Waals surface area contributed by atoms with Crippen molar-refractivity contribution in [2.45, 2.75) is 12.8 Å². The zero-order valence-electron chi connectivity index (χ0n) is 13.4. The molecule has 7 heteroatoms. The van der Waals surface area contributed by atoms with E-state index < -0.39 is 0 Å². The number of rotatable bonds is 8. The first kappa shape index (κ1) is 19.2. The molecule has 25 heavy (non-hydrogen) atoms. The molecule has 0 saturated carbocycles. The maximum atomic E-state index is 12.0. The fourth-order valence-electron chi connectivity index (χ4n) is 2.12. The second kappa shape index (κ2) is 9.42. The van der Waals surface area contributed by atoms with Crippen molar-refractivity contribution in [3.63, 3.8) is 0 Å². The Morgan fingerprint density at radius 2 is 1.92 bits per heavy atom. The van der Waals surface area contributed by atoms with Gasteiger partial charge in [-0.3, -0.25) is 9.59 Å². The molecule has 2 rings (SSSR count). The molecule has 0 aliphatic carbocycles. The molecule has 0 aliphatic heterocycles. The Hall–Kier alpha value is -2.08. The molecule has 0 saturated heterocycles. The van der Waals surface area contributed by atoms with Gasteiger partial charge < -0.3 is 15.8 Å². The molecule has 0 aromatic heterocycles. The van der Waals surface area contributed by atoms with Crippen LogP contribution in [0, 0.1) is 0 Å². The van der Waals surface area contributed by atoms with Crippen LogP contribution in [0.15, 0.2) is 42.5 Å². The first-order chi connectivity index (χ1) is 12.0. The number of ketones is 1. The van der Waals surface area contributed by atoms with Crippen LogP contribution in [0.3, 0.4) is 0 Å². The SMILES string of the molecule is NCC(=O)c1cccc(NC(=O)CCCOc2ccc(Cl)cc2Cl)c1. The molecule has 132 valence electrons. The van der Waals surface area contributed by atoms with Crippen LogP contribution < -0.4 is 15.8 Å². The van der Waals surface area contributed by atoms with Crippen molar-refractivity contribution < 1.29 is 14.3 Å². The van der Waals surface area contributed by atoms with Gasteiger partial charge in [-0.1, -0.05) is 35.3 Å². The van der Waals surface area contributed by atoms with E-state index in [0.29, 0.717) is 40.1 Å². The Kier molecular flexibility index (Phi) is 7.25. The fourth-order valence-corrected chi connectivity index (χ4v) is 2.58.